The van der Waals surface area contributed by atoms with Gasteiger partial charge in [-0.3, -0.25) is 4.79 Å². The average molecular weight is 380 g/mol. The quantitative estimate of drug-likeness (QED) is 0.835. The summed E-state index contributed by atoms with van der Waals surface area (Å²) in [6.07, 6.45) is 1.82. The molecule has 1 aliphatic rings. The van der Waals surface area contributed by atoms with Gasteiger partial charge >= 0.3 is 0 Å². The van der Waals surface area contributed by atoms with Crippen LogP contribution in [0.3, 0.4) is 0 Å². The first-order valence-electron chi connectivity index (χ1n) is 8.02. The van der Waals surface area contributed by atoms with E-state index in [4.69, 9.17) is 4.74 Å². The van der Waals surface area contributed by atoms with Crippen LogP contribution in [0.25, 0.3) is 0 Å². The second-order valence-corrected chi connectivity index (χ2v) is 9.05. The second-order valence-electron chi connectivity index (χ2n) is 5.71. The van der Waals surface area contributed by atoms with Crippen molar-refractivity contribution in [3.8, 4) is 5.75 Å². The average Bonchev–Trinajstić information content (AvgIpc) is 3.31. The number of nitrogens with zero attached hydrogens (tertiary/aromatic N) is 1. The fourth-order valence-corrected chi connectivity index (χ4v) is 5.71. The van der Waals surface area contributed by atoms with E-state index in [-0.39, 0.29) is 12.5 Å². The van der Waals surface area contributed by atoms with Crippen LogP contribution in [-0.4, -0.2) is 38.8 Å². The monoisotopic (exact) mass is 380 g/mol. The number of thiophene rings is 1. The number of hydrogen-bond acceptors (Lipinski definition) is 5. The van der Waals surface area contributed by atoms with Crippen molar-refractivity contribution in [2.45, 2.75) is 23.6 Å². The minimum atomic E-state index is -3.40. The van der Waals surface area contributed by atoms with Gasteiger partial charge in [-0.05, 0) is 37.1 Å². The van der Waals surface area contributed by atoms with Gasteiger partial charge in [-0.25, -0.2) is 8.42 Å². The molecule has 1 aromatic carbocycles. The van der Waals surface area contributed by atoms with Gasteiger partial charge in [0.05, 0.1) is 19.2 Å². The summed E-state index contributed by atoms with van der Waals surface area (Å²) in [5.74, 6) is 0.248. The van der Waals surface area contributed by atoms with Crippen molar-refractivity contribution < 1.29 is 17.9 Å². The number of methoxy groups -OCH3 is 1. The molecule has 1 saturated heterocycles. The summed E-state index contributed by atoms with van der Waals surface area (Å²) in [7, 11) is -1.89. The fraction of sp³-hybridized carbons (Fsp3) is 0.353. The topological polar surface area (TPSA) is 75.7 Å². The maximum atomic E-state index is 12.5. The van der Waals surface area contributed by atoms with Crippen LogP contribution in [0.5, 0.6) is 5.75 Å². The van der Waals surface area contributed by atoms with Gasteiger partial charge in [0, 0.05) is 18.0 Å². The zero-order chi connectivity index (χ0) is 17.9. The Morgan fingerprint density at radius 3 is 2.64 bits per heavy atom. The second kappa shape index (κ2) is 7.55. The highest BCUT2D eigenvalue weighted by Gasteiger charge is 2.28. The van der Waals surface area contributed by atoms with E-state index in [1.54, 1.807) is 36.4 Å². The van der Waals surface area contributed by atoms with Crippen LogP contribution < -0.4 is 10.1 Å². The molecule has 0 radical (unpaired) electrons. The number of hydrogen-bond donors (Lipinski definition) is 1. The molecule has 1 aromatic heterocycles. The highest BCUT2D eigenvalue weighted by Crippen LogP contribution is 2.27. The van der Waals surface area contributed by atoms with Gasteiger partial charge in [-0.1, -0.05) is 12.1 Å². The maximum Gasteiger partial charge on any atom is 0.255 e. The van der Waals surface area contributed by atoms with Crippen LogP contribution in [0.2, 0.25) is 0 Å². The lowest BCUT2D eigenvalue weighted by molar-refractivity contribution is 0.0948. The highest BCUT2D eigenvalue weighted by molar-refractivity contribution is 7.91. The number of rotatable bonds is 6. The molecule has 1 fully saturated rings. The maximum absolute atomic E-state index is 12.5. The lowest BCUT2D eigenvalue weighted by Crippen LogP contribution is -2.27. The number of ether oxygens (including phenoxy) is 1. The van der Waals surface area contributed by atoms with E-state index in [9.17, 15) is 13.2 Å². The van der Waals surface area contributed by atoms with Gasteiger partial charge in [0.25, 0.3) is 15.9 Å². The molecule has 2 aromatic rings. The van der Waals surface area contributed by atoms with Crippen LogP contribution in [-0.2, 0) is 16.6 Å². The number of sulfonamides is 1. The van der Waals surface area contributed by atoms with E-state index in [2.05, 4.69) is 5.32 Å². The first-order chi connectivity index (χ1) is 12.0. The van der Waals surface area contributed by atoms with Crippen LogP contribution in [0.15, 0.2) is 40.6 Å². The Balaban J connectivity index is 1.67. The van der Waals surface area contributed by atoms with Crippen LogP contribution in [0, 0.1) is 0 Å². The Bertz CT molecular complexity index is 855. The number of amides is 1. The number of carbonyl (C=O) groups is 1. The molecule has 2 heterocycles. The summed E-state index contributed by atoms with van der Waals surface area (Å²) >= 11 is 1.20. The van der Waals surface area contributed by atoms with Crippen molar-refractivity contribution in [3.63, 3.8) is 0 Å². The van der Waals surface area contributed by atoms with Crippen molar-refractivity contribution in [1.82, 2.24) is 9.62 Å². The molecule has 0 aliphatic carbocycles. The van der Waals surface area contributed by atoms with Gasteiger partial charge in [0.15, 0.2) is 0 Å². The molecule has 0 unspecified atom stereocenters. The SMILES string of the molecule is COc1ccccc1C(=O)NCc1ccc(S(=O)(=O)N2CCCC2)s1. The third kappa shape index (κ3) is 3.86. The number of para-hydroxylation sites is 1. The summed E-state index contributed by atoms with van der Waals surface area (Å²) in [6, 6.07) is 10.3. The molecule has 0 atom stereocenters. The van der Waals surface area contributed by atoms with Crippen molar-refractivity contribution in [3.05, 3.63) is 46.8 Å². The number of nitrogens with one attached hydrogen (secondary N) is 1. The standard InChI is InChI=1S/C17H20N2O4S2/c1-23-15-7-3-2-6-14(15)17(20)18-12-13-8-9-16(24-13)25(21,22)19-10-4-5-11-19/h2-3,6-9H,4-5,10-12H2,1H3,(H,18,20). The molecule has 6 nitrogen and oxygen atoms in total. The Morgan fingerprint density at radius 1 is 1.20 bits per heavy atom. The molecule has 3 rings (SSSR count). The summed E-state index contributed by atoms with van der Waals surface area (Å²) < 4.78 is 32.1. The van der Waals surface area contributed by atoms with Gasteiger partial charge in [0.2, 0.25) is 0 Å². The largest absolute Gasteiger partial charge is 0.496 e. The number of carbonyl (C=O) groups excluding carboxylic acids is 1. The van der Waals surface area contributed by atoms with E-state index < -0.39 is 10.0 Å². The fourth-order valence-electron chi connectivity index (χ4n) is 2.74. The van der Waals surface area contributed by atoms with E-state index in [0.717, 1.165) is 17.7 Å². The van der Waals surface area contributed by atoms with E-state index >= 15 is 0 Å². The van der Waals surface area contributed by atoms with Crippen molar-refractivity contribution in [2.24, 2.45) is 0 Å². The van der Waals surface area contributed by atoms with Gasteiger partial charge in [-0.2, -0.15) is 4.31 Å². The van der Waals surface area contributed by atoms with Crippen molar-refractivity contribution in [1.29, 1.82) is 0 Å². The molecule has 1 aliphatic heterocycles. The zero-order valence-electron chi connectivity index (χ0n) is 13.9. The molecule has 0 bridgehead atoms. The third-order valence-corrected chi connectivity index (χ3v) is 7.52. The lowest BCUT2D eigenvalue weighted by atomic mass is 10.2. The molecule has 0 spiro atoms. The number of benzene rings is 1. The first kappa shape index (κ1) is 17.9. The molecule has 1 amide bonds. The van der Waals surface area contributed by atoms with Gasteiger partial charge < -0.3 is 10.1 Å². The zero-order valence-corrected chi connectivity index (χ0v) is 15.5. The minimum Gasteiger partial charge on any atom is -0.496 e. The summed E-state index contributed by atoms with van der Waals surface area (Å²) in [5.41, 5.74) is 0.450. The molecule has 0 saturated carbocycles. The van der Waals surface area contributed by atoms with Crippen molar-refractivity contribution >= 4 is 27.3 Å². The first-order valence-corrected chi connectivity index (χ1v) is 10.3. The summed E-state index contributed by atoms with van der Waals surface area (Å²) in [6.45, 7) is 1.44. The molecule has 8 heteroatoms. The third-order valence-electron chi connectivity index (χ3n) is 4.07. The van der Waals surface area contributed by atoms with E-state index in [1.165, 1.54) is 22.8 Å². The van der Waals surface area contributed by atoms with Crippen LogP contribution >= 0.6 is 11.3 Å². The Morgan fingerprint density at radius 2 is 1.92 bits per heavy atom. The summed E-state index contributed by atoms with van der Waals surface area (Å²) in [5, 5.41) is 2.81. The molecular weight excluding hydrogens is 360 g/mol. The predicted octanol–water partition coefficient (Wildman–Crippen LogP) is 2.47. The van der Waals surface area contributed by atoms with Crippen LogP contribution in [0.1, 0.15) is 28.1 Å². The predicted molar refractivity (Wildman–Crippen MR) is 96.5 cm³/mol. The normalized spacial score (nSPS) is 15.2. The smallest absolute Gasteiger partial charge is 0.255 e. The van der Waals surface area contributed by atoms with Gasteiger partial charge in [0.1, 0.15) is 9.96 Å². The van der Waals surface area contributed by atoms with Crippen molar-refractivity contribution in [2.75, 3.05) is 20.2 Å². The Hall–Kier alpha value is -1.90. The van der Waals surface area contributed by atoms with E-state index in [0.29, 0.717) is 28.6 Å². The van der Waals surface area contributed by atoms with Gasteiger partial charge in [-0.15, -0.1) is 11.3 Å². The highest BCUT2D eigenvalue weighted by atomic mass is 32.2. The minimum absolute atomic E-state index is 0.255. The molecule has 25 heavy (non-hydrogen) atoms. The van der Waals surface area contributed by atoms with Crippen LogP contribution in [0.4, 0.5) is 0 Å². The summed E-state index contributed by atoms with van der Waals surface area (Å²) in [4.78, 5) is 13.1. The lowest BCUT2D eigenvalue weighted by Gasteiger charge is -2.13. The molecular formula is C17H20N2O4S2. The molecule has 1 N–H and O–H groups in total. The van der Waals surface area contributed by atoms with E-state index in [1.807, 2.05) is 0 Å². The Labute approximate surface area is 151 Å². The molecule has 134 valence electrons. The Kier molecular flexibility index (Phi) is 5.41.